The molecule has 1 aromatic rings. The van der Waals surface area contributed by atoms with Crippen molar-refractivity contribution in [2.75, 3.05) is 20.1 Å². The molecule has 1 N–H and O–H groups in total. The zero-order chi connectivity index (χ0) is 14.7. The molecule has 0 aliphatic heterocycles. The predicted molar refractivity (Wildman–Crippen MR) is 86.9 cm³/mol. The summed E-state index contributed by atoms with van der Waals surface area (Å²) in [6.07, 6.45) is 7.99. The molecule has 1 aromatic heterocycles. The number of aromatic nitrogens is 1. The molecule has 2 bridgehead atoms. The Labute approximate surface area is 129 Å². The molecule has 2 fully saturated rings. The lowest BCUT2D eigenvalue weighted by Gasteiger charge is -2.27. The zero-order valence-electron chi connectivity index (χ0n) is 13.5. The Morgan fingerprint density at radius 3 is 2.81 bits per heavy atom. The maximum Gasteiger partial charge on any atom is 0.0544 e. The van der Waals surface area contributed by atoms with Crippen molar-refractivity contribution >= 4 is 0 Å². The summed E-state index contributed by atoms with van der Waals surface area (Å²) in [5.41, 5.74) is 2.47. The van der Waals surface area contributed by atoms with Crippen LogP contribution in [0.3, 0.4) is 0 Å². The Kier molecular flexibility index (Phi) is 4.91. The highest BCUT2D eigenvalue weighted by Gasteiger charge is 2.39. The van der Waals surface area contributed by atoms with Gasteiger partial charge in [0.1, 0.15) is 0 Å². The zero-order valence-corrected chi connectivity index (χ0v) is 13.5. The quantitative estimate of drug-likeness (QED) is 0.835. The summed E-state index contributed by atoms with van der Waals surface area (Å²) in [5, 5.41) is 3.34. The van der Waals surface area contributed by atoms with Gasteiger partial charge in [0, 0.05) is 25.8 Å². The van der Waals surface area contributed by atoms with E-state index in [-0.39, 0.29) is 0 Å². The lowest BCUT2D eigenvalue weighted by molar-refractivity contribution is 0.213. The first-order valence-electron chi connectivity index (χ1n) is 8.57. The molecule has 2 saturated carbocycles. The van der Waals surface area contributed by atoms with Crippen LogP contribution in [0.2, 0.25) is 0 Å². The van der Waals surface area contributed by atoms with Gasteiger partial charge in [0.25, 0.3) is 0 Å². The van der Waals surface area contributed by atoms with E-state index < -0.39 is 0 Å². The van der Waals surface area contributed by atoms with E-state index in [1.807, 2.05) is 6.20 Å². The predicted octanol–water partition coefficient (Wildman–Crippen LogP) is 3.06. The largest absolute Gasteiger partial charge is 0.313 e. The molecule has 3 atom stereocenters. The Balaban J connectivity index is 1.47. The van der Waals surface area contributed by atoms with Crippen molar-refractivity contribution in [3.63, 3.8) is 0 Å². The molecule has 3 heteroatoms. The van der Waals surface area contributed by atoms with Crippen LogP contribution < -0.4 is 5.32 Å². The van der Waals surface area contributed by atoms with Crippen LogP contribution in [-0.4, -0.2) is 30.0 Å². The molecule has 21 heavy (non-hydrogen) atoms. The number of nitrogens with one attached hydrogen (secondary N) is 1. The van der Waals surface area contributed by atoms with Crippen molar-refractivity contribution in [3.05, 3.63) is 29.6 Å². The Bertz CT molecular complexity index is 442. The van der Waals surface area contributed by atoms with Crippen molar-refractivity contribution in [3.8, 4) is 0 Å². The van der Waals surface area contributed by atoms with Gasteiger partial charge in [0.2, 0.25) is 0 Å². The number of rotatable bonds is 7. The molecule has 0 amide bonds. The molecule has 0 spiro atoms. The first-order chi connectivity index (χ1) is 10.2. The van der Waals surface area contributed by atoms with Crippen LogP contribution in [-0.2, 0) is 13.1 Å². The summed E-state index contributed by atoms with van der Waals surface area (Å²) in [4.78, 5) is 7.08. The fourth-order valence-electron chi connectivity index (χ4n) is 4.26. The SMILES string of the molecule is CCNCc1ccc(CN(C)CC2CC3CCC2C3)nc1. The van der Waals surface area contributed by atoms with Gasteiger partial charge in [0.15, 0.2) is 0 Å². The molecule has 3 nitrogen and oxygen atoms in total. The first-order valence-corrected chi connectivity index (χ1v) is 8.57. The third kappa shape index (κ3) is 3.83. The number of hydrogen-bond donors (Lipinski definition) is 1. The second-order valence-corrected chi connectivity index (χ2v) is 7.07. The van der Waals surface area contributed by atoms with Gasteiger partial charge in [-0.25, -0.2) is 0 Å². The van der Waals surface area contributed by atoms with Gasteiger partial charge < -0.3 is 10.2 Å². The first kappa shape index (κ1) is 15.0. The van der Waals surface area contributed by atoms with E-state index in [0.717, 1.165) is 37.4 Å². The van der Waals surface area contributed by atoms with Gasteiger partial charge in [-0.15, -0.1) is 0 Å². The molecule has 1 heterocycles. The molecule has 2 aliphatic rings. The average molecular weight is 287 g/mol. The van der Waals surface area contributed by atoms with E-state index in [4.69, 9.17) is 0 Å². The van der Waals surface area contributed by atoms with Crippen LogP contribution in [0.4, 0.5) is 0 Å². The van der Waals surface area contributed by atoms with Gasteiger partial charge in [-0.1, -0.05) is 19.4 Å². The Morgan fingerprint density at radius 2 is 2.19 bits per heavy atom. The molecule has 0 radical (unpaired) electrons. The topological polar surface area (TPSA) is 28.2 Å². The molecular weight excluding hydrogens is 258 g/mol. The third-order valence-corrected chi connectivity index (χ3v) is 5.33. The Morgan fingerprint density at radius 1 is 1.29 bits per heavy atom. The monoisotopic (exact) mass is 287 g/mol. The summed E-state index contributed by atoms with van der Waals surface area (Å²) in [7, 11) is 2.25. The van der Waals surface area contributed by atoms with Crippen LogP contribution in [0.25, 0.3) is 0 Å². The highest BCUT2D eigenvalue weighted by Crippen LogP contribution is 2.48. The average Bonchev–Trinajstić information content (AvgIpc) is 3.09. The maximum atomic E-state index is 4.61. The third-order valence-electron chi connectivity index (χ3n) is 5.33. The molecular formula is C18H29N3. The van der Waals surface area contributed by atoms with Crippen LogP contribution in [0.15, 0.2) is 18.3 Å². The van der Waals surface area contributed by atoms with Crippen LogP contribution in [0, 0.1) is 17.8 Å². The number of fused-ring (bicyclic) bond motifs is 2. The van der Waals surface area contributed by atoms with Crippen molar-refractivity contribution in [2.24, 2.45) is 17.8 Å². The van der Waals surface area contributed by atoms with E-state index in [1.54, 1.807) is 0 Å². The Hall–Kier alpha value is -0.930. The number of hydrogen-bond acceptors (Lipinski definition) is 3. The van der Waals surface area contributed by atoms with E-state index >= 15 is 0 Å². The lowest BCUT2D eigenvalue weighted by Crippen LogP contribution is -2.28. The van der Waals surface area contributed by atoms with Gasteiger partial charge in [-0.3, -0.25) is 4.98 Å². The minimum absolute atomic E-state index is 0.921. The molecule has 0 saturated heterocycles. The number of nitrogens with zero attached hydrogens (tertiary/aromatic N) is 2. The summed E-state index contributed by atoms with van der Waals surface area (Å²) >= 11 is 0. The van der Waals surface area contributed by atoms with Gasteiger partial charge >= 0.3 is 0 Å². The standard InChI is InChI=1S/C18H29N3/c1-3-19-10-15-5-7-18(20-11-15)13-21(2)12-17-9-14-4-6-16(17)8-14/h5,7,11,14,16-17,19H,3-4,6,8-10,12-13H2,1-2H3. The van der Waals surface area contributed by atoms with Crippen LogP contribution in [0.1, 0.15) is 43.9 Å². The molecule has 116 valence electrons. The summed E-state index contributed by atoms with van der Waals surface area (Å²) < 4.78 is 0. The van der Waals surface area contributed by atoms with Crippen molar-refractivity contribution < 1.29 is 0 Å². The van der Waals surface area contributed by atoms with E-state index in [9.17, 15) is 0 Å². The van der Waals surface area contributed by atoms with Crippen molar-refractivity contribution in [1.29, 1.82) is 0 Å². The highest BCUT2D eigenvalue weighted by atomic mass is 15.1. The second-order valence-electron chi connectivity index (χ2n) is 7.07. The smallest absolute Gasteiger partial charge is 0.0544 e. The van der Waals surface area contributed by atoms with Gasteiger partial charge in [0.05, 0.1) is 5.69 Å². The van der Waals surface area contributed by atoms with Crippen LogP contribution in [0.5, 0.6) is 0 Å². The van der Waals surface area contributed by atoms with Gasteiger partial charge in [-0.2, -0.15) is 0 Å². The van der Waals surface area contributed by atoms with E-state index in [0.29, 0.717) is 0 Å². The van der Waals surface area contributed by atoms with Gasteiger partial charge in [-0.05, 0) is 62.2 Å². The molecule has 3 unspecified atom stereocenters. The van der Waals surface area contributed by atoms with E-state index in [2.05, 4.69) is 41.3 Å². The minimum Gasteiger partial charge on any atom is -0.313 e. The summed E-state index contributed by atoms with van der Waals surface area (Å²) in [6, 6.07) is 4.39. The van der Waals surface area contributed by atoms with E-state index in [1.165, 1.54) is 43.5 Å². The minimum atomic E-state index is 0.921. The van der Waals surface area contributed by atoms with Crippen LogP contribution >= 0.6 is 0 Å². The highest BCUT2D eigenvalue weighted by molar-refractivity contribution is 5.14. The molecule has 2 aliphatic carbocycles. The normalized spacial score (nSPS) is 27.7. The molecule has 0 aromatic carbocycles. The summed E-state index contributed by atoms with van der Waals surface area (Å²) in [5.74, 6) is 3.02. The van der Waals surface area contributed by atoms with Crippen molar-refractivity contribution in [2.45, 2.75) is 45.7 Å². The fraction of sp³-hybridized carbons (Fsp3) is 0.722. The maximum absolute atomic E-state index is 4.61. The second kappa shape index (κ2) is 6.89. The fourth-order valence-corrected chi connectivity index (χ4v) is 4.26. The molecule has 3 rings (SSSR count). The lowest BCUT2D eigenvalue weighted by atomic mass is 9.88. The number of pyridine rings is 1. The summed E-state index contributed by atoms with van der Waals surface area (Å²) in [6.45, 7) is 6.29. The van der Waals surface area contributed by atoms with Crippen molar-refractivity contribution in [1.82, 2.24) is 15.2 Å².